The van der Waals surface area contributed by atoms with E-state index in [1.807, 2.05) is 67.0 Å². The Morgan fingerprint density at radius 2 is 1.96 bits per heavy atom. The minimum Gasteiger partial charge on any atom is -0.456 e. The number of carbonyl (C=O) groups is 1. The number of hydrogen-bond donors (Lipinski definition) is 0. The first-order valence-corrected chi connectivity index (χ1v) is 7.42. The van der Waals surface area contributed by atoms with Crippen molar-refractivity contribution in [3.8, 4) is 0 Å². The molecule has 0 saturated heterocycles. The molecule has 0 saturated carbocycles. The number of aryl methyl sites for hydroxylation is 1. The summed E-state index contributed by atoms with van der Waals surface area (Å²) in [5, 5.41) is 0. The second kappa shape index (κ2) is 6.12. The lowest BCUT2D eigenvalue weighted by atomic mass is 10.2. The topological polar surface area (TPSA) is 46.8 Å². The van der Waals surface area contributed by atoms with E-state index in [9.17, 15) is 4.79 Å². The van der Waals surface area contributed by atoms with Crippen LogP contribution in [-0.2, 0) is 11.3 Å². The third-order valence-corrected chi connectivity index (χ3v) is 3.70. The van der Waals surface area contributed by atoms with Crippen molar-refractivity contribution in [2.75, 3.05) is 19.0 Å². The van der Waals surface area contributed by atoms with Gasteiger partial charge in [-0.15, -0.1) is 0 Å². The maximum Gasteiger partial charge on any atom is 0.338 e. The van der Waals surface area contributed by atoms with Crippen molar-refractivity contribution in [3.63, 3.8) is 0 Å². The first-order valence-electron chi connectivity index (χ1n) is 7.42. The van der Waals surface area contributed by atoms with Gasteiger partial charge in [-0.1, -0.05) is 6.07 Å². The van der Waals surface area contributed by atoms with Gasteiger partial charge in [-0.2, -0.15) is 0 Å². The molecule has 0 bridgehead atoms. The number of esters is 1. The van der Waals surface area contributed by atoms with Gasteiger partial charge in [-0.25, -0.2) is 9.78 Å². The van der Waals surface area contributed by atoms with Crippen molar-refractivity contribution in [2.24, 2.45) is 0 Å². The van der Waals surface area contributed by atoms with Gasteiger partial charge >= 0.3 is 5.97 Å². The number of rotatable bonds is 4. The van der Waals surface area contributed by atoms with Crippen LogP contribution in [0.1, 0.15) is 21.6 Å². The average molecular weight is 309 g/mol. The van der Waals surface area contributed by atoms with Gasteiger partial charge in [0.15, 0.2) is 0 Å². The summed E-state index contributed by atoms with van der Waals surface area (Å²) in [6.45, 7) is 2.17. The van der Waals surface area contributed by atoms with Crippen LogP contribution >= 0.6 is 0 Å². The number of hydrogen-bond acceptors (Lipinski definition) is 4. The quantitative estimate of drug-likeness (QED) is 0.695. The molecule has 3 rings (SSSR count). The molecular formula is C18H19N3O2. The molecule has 5 heteroatoms. The summed E-state index contributed by atoms with van der Waals surface area (Å²) >= 11 is 0. The Hall–Kier alpha value is -2.82. The number of ether oxygens (including phenoxy) is 1. The highest BCUT2D eigenvalue weighted by molar-refractivity contribution is 5.89. The molecule has 0 atom stereocenters. The number of fused-ring (bicyclic) bond motifs is 1. The summed E-state index contributed by atoms with van der Waals surface area (Å²) in [5.41, 5.74) is 4.28. The van der Waals surface area contributed by atoms with Gasteiger partial charge in [0, 0.05) is 32.2 Å². The van der Waals surface area contributed by atoms with Crippen LogP contribution in [0.25, 0.3) is 5.65 Å². The van der Waals surface area contributed by atoms with Crippen molar-refractivity contribution in [3.05, 3.63) is 65.6 Å². The largest absolute Gasteiger partial charge is 0.456 e. The average Bonchev–Trinajstić information content (AvgIpc) is 2.97. The molecule has 2 aromatic heterocycles. The highest BCUT2D eigenvalue weighted by Crippen LogP contribution is 2.14. The van der Waals surface area contributed by atoms with E-state index < -0.39 is 0 Å². The fourth-order valence-corrected chi connectivity index (χ4v) is 2.39. The van der Waals surface area contributed by atoms with E-state index in [0.717, 1.165) is 22.6 Å². The second-order valence-electron chi connectivity index (χ2n) is 5.67. The van der Waals surface area contributed by atoms with Crippen molar-refractivity contribution < 1.29 is 9.53 Å². The first-order chi connectivity index (χ1) is 11.0. The number of pyridine rings is 1. The van der Waals surface area contributed by atoms with Crippen LogP contribution in [0.2, 0.25) is 0 Å². The second-order valence-corrected chi connectivity index (χ2v) is 5.67. The predicted molar refractivity (Wildman–Crippen MR) is 89.8 cm³/mol. The lowest BCUT2D eigenvalue weighted by molar-refractivity contribution is 0.0468. The van der Waals surface area contributed by atoms with E-state index in [2.05, 4.69) is 4.98 Å². The van der Waals surface area contributed by atoms with Crippen LogP contribution < -0.4 is 4.90 Å². The third-order valence-electron chi connectivity index (χ3n) is 3.70. The smallest absolute Gasteiger partial charge is 0.338 e. The lowest BCUT2D eigenvalue weighted by Gasteiger charge is -2.12. The Morgan fingerprint density at radius 1 is 1.22 bits per heavy atom. The minimum absolute atomic E-state index is 0.162. The van der Waals surface area contributed by atoms with Gasteiger partial charge in [-0.05, 0) is 42.8 Å². The number of benzene rings is 1. The fourth-order valence-electron chi connectivity index (χ4n) is 2.39. The van der Waals surface area contributed by atoms with Crippen LogP contribution in [0.5, 0.6) is 0 Å². The van der Waals surface area contributed by atoms with Gasteiger partial charge in [-0.3, -0.25) is 0 Å². The standard InChI is InChI=1S/C18H19N3O2/c1-13-5-4-10-21-11-15(19-17(13)21)12-23-18(22)14-6-8-16(9-7-14)20(2)3/h4-11H,12H2,1-3H3. The number of aromatic nitrogens is 2. The maximum absolute atomic E-state index is 12.1. The zero-order valence-corrected chi connectivity index (χ0v) is 13.5. The van der Waals surface area contributed by atoms with E-state index in [4.69, 9.17) is 4.74 Å². The van der Waals surface area contributed by atoms with Crippen LogP contribution in [0.15, 0.2) is 48.8 Å². The molecule has 0 amide bonds. The van der Waals surface area contributed by atoms with Crippen LogP contribution in [0.4, 0.5) is 5.69 Å². The van der Waals surface area contributed by atoms with E-state index in [1.165, 1.54) is 0 Å². The normalized spacial score (nSPS) is 10.7. The maximum atomic E-state index is 12.1. The summed E-state index contributed by atoms with van der Waals surface area (Å²) < 4.78 is 7.29. The number of imidazole rings is 1. The number of anilines is 1. The molecule has 0 fully saturated rings. The van der Waals surface area contributed by atoms with Crippen LogP contribution in [0, 0.1) is 6.92 Å². The van der Waals surface area contributed by atoms with Gasteiger partial charge < -0.3 is 14.0 Å². The highest BCUT2D eigenvalue weighted by atomic mass is 16.5. The Morgan fingerprint density at radius 3 is 2.61 bits per heavy atom. The Bertz CT molecular complexity index is 835. The van der Waals surface area contributed by atoms with Crippen molar-refractivity contribution in [1.29, 1.82) is 0 Å². The Balaban J connectivity index is 1.69. The van der Waals surface area contributed by atoms with Crippen molar-refractivity contribution in [1.82, 2.24) is 9.38 Å². The minimum atomic E-state index is -0.343. The van der Waals surface area contributed by atoms with Gasteiger partial charge in [0.1, 0.15) is 12.3 Å². The van der Waals surface area contributed by atoms with E-state index >= 15 is 0 Å². The summed E-state index contributed by atoms with van der Waals surface area (Å²) in [5.74, 6) is -0.343. The molecule has 2 heterocycles. The summed E-state index contributed by atoms with van der Waals surface area (Å²) in [4.78, 5) is 18.6. The summed E-state index contributed by atoms with van der Waals surface area (Å²) in [6, 6.07) is 11.3. The molecule has 0 radical (unpaired) electrons. The first kappa shape index (κ1) is 15.1. The molecule has 0 unspecified atom stereocenters. The van der Waals surface area contributed by atoms with Crippen molar-refractivity contribution in [2.45, 2.75) is 13.5 Å². The van der Waals surface area contributed by atoms with Gasteiger partial charge in [0.25, 0.3) is 0 Å². The molecule has 5 nitrogen and oxygen atoms in total. The number of carbonyl (C=O) groups excluding carboxylic acids is 1. The van der Waals surface area contributed by atoms with E-state index in [-0.39, 0.29) is 12.6 Å². The molecule has 0 aliphatic carbocycles. The predicted octanol–water partition coefficient (Wildman–Crippen LogP) is 3.07. The molecule has 118 valence electrons. The Labute approximate surface area is 135 Å². The third kappa shape index (κ3) is 3.18. The number of nitrogens with zero attached hydrogens (tertiary/aromatic N) is 3. The molecule has 0 spiro atoms. The summed E-state index contributed by atoms with van der Waals surface area (Å²) in [6.07, 6.45) is 3.81. The van der Waals surface area contributed by atoms with E-state index in [0.29, 0.717) is 5.56 Å². The molecule has 0 aliphatic heterocycles. The lowest BCUT2D eigenvalue weighted by Crippen LogP contribution is -2.09. The molecule has 0 N–H and O–H groups in total. The monoisotopic (exact) mass is 309 g/mol. The zero-order chi connectivity index (χ0) is 16.4. The van der Waals surface area contributed by atoms with Gasteiger partial charge in [0.2, 0.25) is 0 Å². The molecule has 1 aromatic carbocycles. The Kier molecular flexibility index (Phi) is 4.02. The fraction of sp³-hybridized carbons (Fsp3) is 0.222. The van der Waals surface area contributed by atoms with Crippen LogP contribution in [-0.4, -0.2) is 29.4 Å². The van der Waals surface area contributed by atoms with E-state index in [1.54, 1.807) is 12.1 Å². The van der Waals surface area contributed by atoms with Crippen molar-refractivity contribution >= 4 is 17.3 Å². The summed E-state index contributed by atoms with van der Waals surface area (Å²) in [7, 11) is 3.91. The molecule has 3 aromatic rings. The van der Waals surface area contributed by atoms with Crippen LogP contribution in [0.3, 0.4) is 0 Å². The molecule has 0 aliphatic rings. The SMILES string of the molecule is Cc1cccn2cc(COC(=O)c3ccc(N(C)C)cc3)nc12. The molecular weight excluding hydrogens is 290 g/mol. The van der Waals surface area contributed by atoms with Gasteiger partial charge in [0.05, 0.1) is 11.3 Å². The highest BCUT2D eigenvalue weighted by Gasteiger charge is 2.10. The zero-order valence-electron chi connectivity index (χ0n) is 13.5. The molecule has 23 heavy (non-hydrogen) atoms.